The fourth-order valence-electron chi connectivity index (χ4n) is 2.52. The largest absolute Gasteiger partial charge is 0.371 e. The summed E-state index contributed by atoms with van der Waals surface area (Å²) in [6.45, 7) is 6.97. The molecule has 1 aromatic rings. The molecule has 0 amide bonds. The van der Waals surface area contributed by atoms with Crippen molar-refractivity contribution in [2.75, 3.05) is 24.5 Å². The first kappa shape index (κ1) is 12.4. The van der Waals surface area contributed by atoms with Crippen molar-refractivity contribution in [3.8, 4) is 0 Å². The monoisotopic (exact) mass is 236 g/mol. The third kappa shape index (κ3) is 2.60. The topological polar surface area (TPSA) is 29.3 Å². The van der Waals surface area contributed by atoms with E-state index in [2.05, 4.69) is 18.7 Å². The summed E-state index contributed by atoms with van der Waals surface area (Å²) < 4.78 is 13.4. The second kappa shape index (κ2) is 5.05. The fourth-order valence-corrected chi connectivity index (χ4v) is 2.52. The summed E-state index contributed by atoms with van der Waals surface area (Å²) in [6, 6.07) is 5.12. The number of nitrogens with zero attached hydrogens (tertiary/aromatic N) is 1. The smallest absolute Gasteiger partial charge is 0.125 e. The average molecular weight is 236 g/mol. The van der Waals surface area contributed by atoms with E-state index in [-0.39, 0.29) is 5.82 Å². The van der Waals surface area contributed by atoms with Crippen molar-refractivity contribution in [1.29, 1.82) is 0 Å². The predicted molar refractivity (Wildman–Crippen MR) is 69.9 cm³/mol. The molecule has 1 saturated heterocycles. The minimum atomic E-state index is -0.152. The van der Waals surface area contributed by atoms with Crippen molar-refractivity contribution in [2.45, 2.75) is 26.2 Å². The van der Waals surface area contributed by atoms with Gasteiger partial charge in [-0.2, -0.15) is 0 Å². The number of hydrogen-bond donors (Lipinski definition) is 1. The molecule has 1 aromatic carbocycles. The highest BCUT2D eigenvalue weighted by Crippen LogP contribution is 2.31. The van der Waals surface area contributed by atoms with Gasteiger partial charge >= 0.3 is 0 Å². The number of hydrogen-bond acceptors (Lipinski definition) is 2. The molecule has 0 aliphatic carbocycles. The molecule has 2 rings (SSSR count). The second-order valence-corrected chi connectivity index (χ2v) is 5.19. The Bertz CT molecular complexity index is 390. The molecule has 94 valence electrons. The van der Waals surface area contributed by atoms with Gasteiger partial charge in [0, 0.05) is 18.8 Å². The number of anilines is 1. The molecule has 1 fully saturated rings. The highest BCUT2D eigenvalue weighted by molar-refractivity contribution is 5.56. The molecular weight excluding hydrogens is 215 g/mol. The quantitative estimate of drug-likeness (QED) is 0.874. The SMILES string of the molecule is CC(C)c1ccc(F)cc1N1CCC(CN)C1. The normalized spacial score (nSPS) is 20.3. The maximum atomic E-state index is 13.4. The molecule has 0 saturated carbocycles. The number of nitrogens with two attached hydrogens (primary N) is 1. The molecule has 1 aliphatic rings. The van der Waals surface area contributed by atoms with Gasteiger partial charge in [-0.25, -0.2) is 4.39 Å². The maximum Gasteiger partial charge on any atom is 0.125 e. The van der Waals surface area contributed by atoms with Gasteiger partial charge < -0.3 is 10.6 Å². The molecule has 0 spiro atoms. The van der Waals surface area contributed by atoms with Crippen molar-refractivity contribution in [1.82, 2.24) is 0 Å². The van der Waals surface area contributed by atoms with Gasteiger partial charge in [0.15, 0.2) is 0 Å². The van der Waals surface area contributed by atoms with Gasteiger partial charge in [0.25, 0.3) is 0 Å². The van der Waals surface area contributed by atoms with Crippen molar-refractivity contribution < 1.29 is 4.39 Å². The average Bonchev–Trinajstić information content (AvgIpc) is 2.76. The number of halogens is 1. The highest BCUT2D eigenvalue weighted by Gasteiger charge is 2.24. The van der Waals surface area contributed by atoms with Crippen molar-refractivity contribution in [2.24, 2.45) is 11.7 Å². The van der Waals surface area contributed by atoms with Crippen LogP contribution in [0.2, 0.25) is 0 Å². The Morgan fingerprint density at radius 1 is 1.47 bits per heavy atom. The van der Waals surface area contributed by atoms with Crippen molar-refractivity contribution in [3.05, 3.63) is 29.6 Å². The van der Waals surface area contributed by atoms with Crippen LogP contribution in [0.15, 0.2) is 18.2 Å². The van der Waals surface area contributed by atoms with Crippen molar-refractivity contribution >= 4 is 5.69 Å². The first-order valence-electron chi connectivity index (χ1n) is 6.36. The lowest BCUT2D eigenvalue weighted by Crippen LogP contribution is -2.24. The van der Waals surface area contributed by atoms with E-state index in [4.69, 9.17) is 5.73 Å². The number of benzene rings is 1. The molecule has 1 unspecified atom stereocenters. The third-order valence-corrected chi connectivity index (χ3v) is 3.57. The van der Waals surface area contributed by atoms with Crippen LogP contribution in [0.25, 0.3) is 0 Å². The van der Waals surface area contributed by atoms with E-state index in [9.17, 15) is 4.39 Å². The predicted octanol–water partition coefficient (Wildman–Crippen LogP) is 2.73. The zero-order valence-electron chi connectivity index (χ0n) is 10.6. The van der Waals surface area contributed by atoms with Gasteiger partial charge in [0.1, 0.15) is 5.82 Å². The van der Waals surface area contributed by atoms with Gasteiger partial charge in [0.05, 0.1) is 0 Å². The van der Waals surface area contributed by atoms with E-state index in [1.165, 1.54) is 5.56 Å². The number of rotatable bonds is 3. The van der Waals surface area contributed by atoms with Crippen LogP contribution in [0, 0.1) is 11.7 Å². The van der Waals surface area contributed by atoms with Crippen LogP contribution >= 0.6 is 0 Å². The summed E-state index contributed by atoms with van der Waals surface area (Å²) in [5.41, 5.74) is 7.98. The molecule has 1 atom stereocenters. The summed E-state index contributed by atoms with van der Waals surface area (Å²) in [4.78, 5) is 2.27. The summed E-state index contributed by atoms with van der Waals surface area (Å²) in [5.74, 6) is 0.821. The fraction of sp³-hybridized carbons (Fsp3) is 0.571. The van der Waals surface area contributed by atoms with E-state index in [0.29, 0.717) is 11.8 Å². The standard InChI is InChI=1S/C14H21FN2/c1-10(2)13-4-3-12(15)7-14(13)17-6-5-11(8-16)9-17/h3-4,7,10-11H,5-6,8-9,16H2,1-2H3. The van der Waals surface area contributed by atoms with Crippen molar-refractivity contribution in [3.63, 3.8) is 0 Å². The van der Waals surface area contributed by atoms with Gasteiger partial charge in [-0.15, -0.1) is 0 Å². The molecule has 1 aliphatic heterocycles. The van der Waals surface area contributed by atoms with Crippen LogP contribution in [0.1, 0.15) is 31.7 Å². The maximum absolute atomic E-state index is 13.4. The Morgan fingerprint density at radius 3 is 2.82 bits per heavy atom. The first-order valence-corrected chi connectivity index (χ1v) is 6.36. The van der Waals surface area contributed by atoms with E-state index < -0.39 is 0 Å². The van der Waals surface area contributed by atoms with Crippen LogP contribution in [-0.4, -0.2) is 19.6 Å². The van der Waals surface area contributed by atoms with Gasteiger partial charge in [-0.3, -0.25) is 0 Å². The van der Waals surface area contributed by atoms with E-state index >= 15 is 0 Å². The summed E-state index contributed by atoms with van der Waals surface area (Å²) in [5, 5.41) is 0. The van der Waals surface area contributed by atoms with Crippen LogP contribution in [0.4, 0.5) is 10.1 Å². The third-order valence-electron chi connectivity index (χ3n) is 3.57. The Labute approximate surface area is 103 Å². The van der Waals surface area contributed by atoms with Crippen LogP contribution < -0.4 is 10.6 Å². The van der Waals surface area contributed by atoms with Crippen LogP contribution in [0.3, 0.4) is 0 Å². The van der Waals surface area contributed by atoms with Gasteiger partial charge in [-0.05, 0) is 42.5 Å². The van der Waals surface area contributed by atoms with E-state index in [0.717, 1.165) is 31.7 Å². The molecule has 1 heterocycles. The minimum Gasteiger partial charge on any atom is -0.371 e. The lowest BCUT2D eigenvalue weighted by Gasteiger charge is -2.23. The van der Waals surface area contributed by atoms with Crippen LogP contribution in [-0.2, 0) is 0 Å². The Hall–Kier alpha value is -1.09. The highest BCUT2D eigenvalue weighted by atomic mass is 19.1. The zero-order valence-corrected chi connectivity index (χ0v) is 10.6. The Kier molecular flexibility index (Phi) is 3.67. The molecule has 0 radical (unpaired) electrons. The van der Waals surface area contributed by atoms with Gasteiger partial charge in [0.2, 0.25) is 0 Å². The minimum absolute atomic E-state index is 0.152. The summed E-state index contributed by atoms with van der Waals surface area (Å²) in [6.07, 6.45) is 1.12. The lowest BCUT2D eigenvalue weighted by molar-refractivity contribution is 0.601. The molecule has 2 nitrogen and oxygen atoms in total. The van der Waals surface area contributed by atoms with E-state index in [1.54, 1.807) is 12.1 Å². The summed E-state index contributed by atoms with van der Waals surface area (Å²) in [7, 11) is 0. The zero-order chi connectivity index (χ0) is 12.4. The summed E-state index contributed by atoms with van der Waals surface area (Å²) >= 11 is 0. The Morgan fingerprint density at radius 2 is 2.24 bits per heavy atom. The second-order valence-electron chi connectivity index (χ2n) is 5.19. The molecule has 2 N–H and O–H groups in total. The lowest BCUT2D eigenvalue weighted by atomic mass is 10.0. The first-order chi connectivity index (χ1) is 8.11. The Balaban J connectivity index is 2.27. The molecular formula is C14H21FN2. The van der Waals surface area contributed by atoms with E-state index in [1.807, 2.05) is 6.07 Å². The molecule has 3 heteroatoms. The molecule has 17 heavy (non-hydrogen) atoms. The van der Waals surface area contributed by atoms with Crippen LogP contribution in [0.5, 0.6) is 0 Å². The van der Waals surface area contributed by atoms with Gasteiger partial charge in [-0.1, -0.05) is 19.9 Å². The molecule has 0 aromatic heterocycles. The molecule has 0 bridgehead atoms.